The lowest BCUT2D eigenvalue weighted by Crippen LogP contribution is -2.27. The summed E-state index contributed by atoms with van der Waals surface area (Å²) in [7, 11) is 0. The molecule has 222 valence electrons. The molecule has 2 unspecified atom stereocenters. The second-order valence-corrected chi connectivity index (χ2v) is 12.4. The Morgan fingerprint density at radius 1 is 0.417 bits per heavy atom. The fourth-order valence-corrected chi connectivity index (χ4v) is 7.55. The molecule has 48 heavy (non-hydrogen) atoms. The van der Waals surface area contributed by atoms with Crippen LogP contribution in [0, 0.1) is 22.7 Å². The van der Waals surface area contributed by atoms with Crippen molar-refractivity contribution >= 4 is 0 Å². The number of benzene rings is 6. The summed E-state index contributed by atoms with van der Waals surface area (Å²) in [6.07, 6.45) is 0. The molecule has 1 aromatic heterocycles. The van der Waals surface area contributed by atoms with E-state index in [9.17, 15) is 10.5 Å². The van der Waals surface area contributed by atoms with Crippen LogP contribution in [0.1, 0.15) is 56.3 Å². The lowest BCUT2D eigenvalue weighted by Gasteiger charge is -2.42. The normalized spacial score (nSPS) is 15.0. The molecule has 0 fully saturated rings. The van der Waals surface area contributed by atoms with Gasteiger partial charge in [0.25, 0.3) is 0 Å². The van der Waals surface area contributed by atoms with Crippen molar-refractivity contribution in [3.8, 4) is 57.2 Å². The van der Waals surface area contributed by atoms with Gasteiger partial charge in [-0.3, -0.25) is 0 Å². The van der Waals surface area contributed by atoms with E-state index in [0.29, 0.717) is 17.0 Å². The van der Waals surface area contributed by atoms with Crippen molar-refractivity contribution < 1.29 is 0 Å². The third-order valence-electron chi connectivity index (χ3n) is 9.74. The van der Waals surface area contributed by atoms with Crippen LogP contribution in [-0.4, -0.2) is 9.97 Å². The van der Waals surface area contributed by atoms with Crippen molar-refractivity contribution in [2.24, 2.45) is 0 Å². The summed E-state index contributed by atoms with van der Waals surface area (Å²) < 4.78 is 0. The summed E-state index contributed by atoms with van der Waals surface area (Å²) >= 11 is 0. The second-order valence-electron chi connectivity index (χ2n) is 12.4. The number of nitrogens with zero attached hydrogens (tertiary/aromatic N) is 4. The van der Waals surface area contributed by atoms with E-state index >= 15 is 0 Å². The molecule has 0 N–H and O–H groups in total. The van der Waals surface area contributed by atoms with Crippen molar-refractivity contribution in [3.05, 3.63) is 190 Å². The van der Waals surface area contributed by atoms with Crippen molar-refractivity contribution in [1.29, 1.82) is 10.5 Å². The second kappa shape index (κ2) is 11.0. The fraction of sp³-hybridized carbons (Fsp3) is 0.0455. The van der Waals surface area contributed by atoms with Crippen molar-refractivity contribution in [2.45, 2.75) is 11.8 Å². The van der Waals surface area contributed by atoms with Crippen LogP contribution in [0.3, 0.4) is 0 Å². The van der Waals surface area contributed by atoms with Crippen LogP contribution in [0.25, 0.3) is 45.0 Å². The summed E-state index contributed by atoms with van der Waals surface area (Å²) in [6, 6.07) is 54.4. The molecule has 3 aliphatic rings. The molecular weight excluding hydrogens is 585 g/mol. The van der Waals surface area contributed by atoms with E-state index in [1.54, 1.807) is 0 Å². The molecule has 4 heteroatoms. The minimum absolute atomic E-state index is 0.0131. The van der Waals surface area contributed by atoms with E-state index in [-0.39, 0.29) is 11.8 Å². The van der Waals surface area contributed by atoms with Gasteiger partial charge in [-0.2, -0.15) is 10.5 Å². The Kier molecular flexibility index (Phi) is 6.35. The molecule has 0 aliphatic heterocycles. The zero-order chi connectivity index (χ0) is 32.2. The average molecular weight is 611 g/mol. The van der Waals surface area contributed by atoms with Gasteiger partial charge in [-0.05, 0) is 74.8 Å². The maximum absolute atomic E-state index is 10.4. The van der Waals surface area contributed by atoms with Crippen molar-refractivity contribution in [1.82, 2.24) is 9.97 Å². The molecule has 6 aromatic carbocycles. The van der Waals surface area contributed by atoms with Gasteiger partial charge in [0, 0.05) is 28.5 Å². The highest BCUT2D eigenvalue weighted by Gasteiger charge is 2.41. The van der Waals surface area contributed by atoms with E-state index < -0.39 is 0 Å². The van der Waals surface area contributed by atoms with Gasteiger partial charge in [0.1, 0.15) is 0 Å². The number of hydrogen-bond donors (Lipinski definition) is 0. The zero-order valence-corrected chi connectivity index (χ0v) is 25.8. The third kappa shape index (κ3) is 4.36. The first-order chi connectivity index (χ1) is 23.7. The van der Waals surface area contributed by atoms with E-state index in [1.807, 2.05) is 54.6 Å². The predicted octanol–water partition coefficient (Wildman–Crippen LogP) is 9.88. The fourth-order valence-electron chi connectivity index (χ4n) is 7.55. The van der Waals surface area contributed by atoms with Crippen LogP contribution in [-0.2, 0) is 0 Å². The highest BCUT2D eigenvalue weighted by atomic mass is 14.9. The number of nitriles is 2. The standard InChI is InChI=1S/C44H26N4/c45-25-27-15-20-35-37(21-27)43-34-14-8-7-13-33(34)42(35)39-23-36(32(26-46)22-38(39)43)28-16-18-31(19-17-28)44-47-40(29-9-3-1-4-10-29)24-41(48-44)30-11-5-2-6-12-30/h1-24,42-43H. The van der Waals surface area contributed by atoms with Gasteiger partial charge in [-0.1, -0.05) is 115 Å². The molecule has 3 aliphatic carbocycles. The molecule has 0 saturated heterocycles. The maximum atomic E-state index is 10.4. The van der Waals surface area contributed by atoms with Crippen LogP contribution in [0.15, 0.2) is 146 Å². The van der Waals surface area contributed by atoms with Gasteiger partial charge >= 0.3 is 0 Å². The first-order valence-electron chi connectivity index (χ1n) is 16.0. The van der Waals surface area contributed by atoms with E-state index in [2.05, 4.69) is 103 Å². The Morgan fingerprint density at radius 3 is 1.54 bits per heavy atom. The molecule has 0 saturated carbocycles. The summed E-state index contributed by atoms with van der Waals surface area (Å²) in [5.41, 5.74) is 15.2. The van der Waals surface area contributed by atoms with Gasteiger partial charge in [-0.25, -0.2) is 9.97 Å². The van der Waals surface area contributed by atoms with Crippen LogP contribution >= 0.6 is 0 Å². The van der Waals surface area contributed by atoms with Crippen molar-refractivity contribution in [3.63, 3.8) is 0 Å². The molecule has 0 radical (unpaired) electrons. The Hall–Kier alpha value is -6.62. The Morgan fingerprint density at radius 2 is 0.938 bits per heavy atom. The lowest BCUT2D eigenvalue weighted by molar-refractivity contribution is 0.754. The van der Waals surface area contributed by atoms with E-state index in [0.717, 1.165) is 44.8 Å². The highest BCUT2D eigenvalue weighted by Crippen LogP contribution is 2.56. The number of rotatable bonds is 4. The third-order valence-corrected chi connectivity index (χ3v) is 9.74. The Labute approximate surface area is 278 Å². The number of aromatic nitrogens is 2. The SMILES string of the molecule is N#Cc1ccc2c(c1)C1c3ccccc3C2c2cc(-c3ccc(-c4nc(-c5ccccc5)cc(-c5ccccc5)n4)cc3)c(C#N)cc21. The van der Waals surface area contributed by atoms with Crippen LogP contribution in [0.4, 0.5) is 0 Å². The lowest BCUT2D eigenvalue weighted by atomic mass is 9.60. The maximum Gasteiger partial charge on any atom is 0.160 e. The van der Waals surface area contributed by atoms with E-state index in [1.165, 1.54) is 27.8 Å². The van der Waals surface area contributed by atoms with Gasteiger partial charge < -0.3 is 0 Å². The molecule has 2 bridgehead atoms. The molecule has 4 nitrogen and oxygen atoms in total. The molecular formula is C44H26N4. The minimum Gasteiger partial charge on any atom is -0.228 e. The molecule has 10 rings (SSSR count). The highest BCUT2D eigenvalue weighted by molar-refractivity contribution is 5.79. The largest absolute Gasteiger partial charge is 0.228 e. The molecule has 0 spiro atoms. The monoisotopic (exact) mass is 610 g/mol. The average Bonchev–Trinajstić information content (AvgIpc) is 3.17. The molecule has 0 amide bonds. The molecule has 7 aromatic rings. The summed E-state index contributed by atoms with van der Waals surface area (Å²) in [6.45, 7) is 0. The molecule has 1 heterocycles. The zero-order valence-electron chi connectivity index (χ0n) is 25.8. The Balaban J connectivity index is 1.15. The number of hydrogen-bond acceptors (Lipinski definition) is 4. The van der Waals surface area contributed by atoms with Gasteiger partial charge in [0.05, 0.1) is 34.7 Å². The topological polar surface area (TPSA) is 73.4 Å². The van der Waals surface area contributed by atoms with Gasteiger partial charge in [0.15, 0.2) is 5.82 Å². The predicted molar refractivity (Wildman–Crippen MR) is 188 cm³/mol. The molecule has 2 atom stereocenters. The smallest absolute Gasteiger partial charge is 0.160 e. The van der Waals surface area contributed by atoms with Crippen LogP contribution in [0.5, 0.6) is 0 Å². The van der Waals surface area contributed by atoms with Crippen LogP contribution in [0.2, 0.25) is 0 Å². The summed E-state index contributed by atoms with van der Waals surface area (Å²) in [5, 5.41) is 20.1. The van der Waals surface area contributed by atoms with Gasteiger partial charge in [0.2, 0.25) is 0 Å². The van der Waals surface area contributed by atoms with Gasteiger partial charge in [-0.15, -0.1) is 0 Å². The summed E-state index contributed by atoms with van der Waals surface area (Å²) in [5.74, 6) is 0.677. The van der Waals surface area contributed by atoms with Crippen molar-refractivity contribution in [2.75, 3.05) is 0 Å². The Bertz CT molecular complexity index is 2410. The van der Waals surface area contributed by atoms with Crippen LogP contribution < -0.4 is 0 Å². The first-order valence-corrected chi connectivity index (χ1v) is 16.0. The minimum atomic E-state index is -0.0131. The van der Waals surface area contributed by atoms with E-state index in [4.69, 9.17) is 9.97 Å². The first kappa shape index (κ1) is 27.7. The summed E-state index contributed by atoms with van der Waals surface area (Å²) in [4.78, 5) is 9.98. The quantitative estimate of drug-likeness (QED) is 0.199.